The van der Waals surface area contributed by atoms with Crippen molar-refractivity contribution in [1.29, 1.82) is 0 Å². The summed E-state index contributed by atoms with van der Waals surface area (Å²) in [6.45, 7) is 7.02. The topological polar surface area (TPSA) is 117 Å². The van der Waals surface area contributed by atoms with Crippen LogP contribution in [-0.2, 0) is 13.5 Å². The number of H-pyrrole nitrogens is 1. The van der Waals surface area contributed by atoms with E-state index < -0.39 is 0 Å². The van der Waals surface area contributed by atoms with Crippen LogP contribution in [0.4, 0.5) is 0 Å². The number of aromatic nitrogens is 8. The van der Waals surface area contributed by atoms with Gasteiger partial charge in [-0.1, -0.05) is 6.07 Å². The highest BCUT2D eigenvalue weighted by Crippen LogP contribution is 2.47. The summed E-state index contributed by atoms with van der Waals surface area (Å²) in [5.74, 6) is 2.90. The predicted octanol–water partition coefficient (Wildman–Crippen LogP) is 3.56. The molecule has 1 aliphatic rings. The second kappa shape index (κ2) is 8.67. The fourth-order valence-corrected chi connectivity index (χ4v) is 4.69. The van der Waals surface area contributed by atoms with Gasteiger partial charge in [-0.2, -0.15) is 5.10 Å². The van der Waals surface area contributed by atoms with E-state index in [9.17, 15) is 0 Å². The molecule has 36 heavy (non-hydrogen) atoms. The molecule has 11 nitrogen and oxygen atoms in total. The van der Waals surface area contributed by atoms with Crippen molar-refractivity contribution in [3.63, 3.8) is 0 Å². The number of aromatic amines is 1. The maximum Gasteiger partial charge on any atom is 0.244 e. The van der Waals surface area contributed by atoms with Crippen molar-refractivity contribution in [2.45, 2.75) is 33.1 Å². The molecule has 0 bridgehead atoms. The molecule has 4 aromatic heterocycles. The van der Waals surface area contributed by atoms with Crippen LogP contribution in [-0.4, -0.2) is 52.8 Å². The average molecular weight is 487 g/mol. The van der Waals surface area contributed by atoms with Crippen LogP contribution in [0.2, 0.25) is 0 Å². The molecule has 0 aliphatic carbocycles. The number of fused-ring (bicyclic) bond motifs is 4. The first-order chi connectivity index (χ1) is 17.6. The van der Waals surface area contributed by atoms with Crippen molar-refractivity contribution in [2.75, 3.05) is 13.2 Å². The molecule has 0 unspecified atom stereocenters. The first-order valence-corrected chi connectivity index (χ1v) is 11.9. The summed E-state index contributed by atoms with van der Waals surface area (Å²) < 4.78 is 21.1. The summed E-state index contributed by atoms with van der Waals surface area (Å²) in [4.78, 5) is 9.48. The number of aryl methyl sites for hydroxylation is 2. The van der Waals surface area contributed by atoms with E-state index in [1.807, 2.05) is 58.4 Å². The number of nitrogens with zero attached hydrogens (tertiary/aromatic N) is 7. The average Bonchev–Trinajstić information content (AvgIpc) is 3.58. The van der Waals surface area contributed by atoms with Crippen LogP contribution in [0, 0.1) is 6.92 Å². The molecular formula is C25H26N8O3. The zero-order valence-corrected chi connectivity index (χ0v) is 20.5. The fourth-order valence-electron chi connectivity index (χ4n) is 4.69. The molecule has 184 valence electrons. The Morgan fingerprint density at radius 3 is 2.69 bits per heavy atom. The van der Waals surface area contributed by atoms with Crippen molar-refractivity contribution in [2.24, 2.45) is 7.05 Å². The Kier molecular flexibility index (Phi) is 5.32. The van der Waals surface area contributed by atoms with Gasteiger partial charge in [-0.3, -0.25) is 9.78 Å². The third-order valence-electron chi connectivity index (χ3n) is 6.19. The smallest absolute Gasteiger partial charge is 0.244 e. The minimum atomic E-state index is -0.195. The van der Waals surface area contributed by atoms with Crippen LogP contribution in [0.1, 0.15) is 53.5 Å². The molecule has 1 atom stereocenters. The molecular weight excluding hydrogens is 460 g/mol. The fraction of sp³-hybridized carbons (Fsp3) is 0.320. The summed E-state index contributed by atoms with van der Waals surface area (Å²) >= 11 is 0. The van der Waals surface area contributed by atoms with Crippen LogP contribution in [0.5, 0.6) is 23.3 Å². The van der Waals surface area contributed by atoms with Gasteiger partial charge in [-0.05, 0) is 38.5 Å². The van der Waals surface area contributed by atoms with E-state index in [0.717, 1.165) is 33.7 Å². The van der Waals surface area contributed by atoms with Gasteiger partial charge in [0.05, 0.1) is 30.9 Å². The lowest BCUT2D eigenvalue weighted by atomic mass is 9.86. The number of ether oxygens (including phenoxy) is 3. The van der Waals surface area contributed by atoms with Gasteiger partial charge >= 0.3 is 0 Å². The minimum absolute atomic E-state index is 0.195. The van der Waals surface area contributed by atoms with Crippen LogP contribution in [0.3, 0.4) is 0 Å². The molecule has 1 aliphatic heterocycles. The molecule has 0 saturated carbocycles. The number of rotatable bonds is 7. The summed E-state index contributed by atoms with van der Waals surface area (Å²) in [5.41, 5.74) is 5.41. The van der Waals surface area contributed by atoms with Gasteiger partial charge in [-0.25, -0.2) is 14.5 Å². The lowest BCUT2D eigenvalue weighted by Gasteiger charge is -2.24. The maximum absolute atomic E-state index is 6.08. The zero-order valence-electron chi connectivity index (χ0n) is 20.5. The van der Waals surface area contributed by atoms with Crippen molar-refractivity contribution < 1.29 is 14.2 Å². The second-order valence-electron chi connectivity index (χ2n) is 8.63. The van der Waals surface area contributed by atoms with Crippen molar-refractivity contribution >= 4 is 5.65 Å². The molecule has 5 heterocycles. The number of hydrogen-bond donors (Lipinski definition) is 1. The highest BCUT2D eigenvalue weighted by atomic mass is 16.5. The molecule has 6 rings (SSSR count). The summed E-state index contributed by atoms with van der Waals surface area (Å²) in [6, 6.07) is 5.92. The molecule has 1 N–H and O–H groups in total. The molecule has 0 fully saturated rings. The molecule has 5 aromatic rings. The van der Waals surface area contributed by atoms with Crippen molar-refractivity contribution in [3.8, 4) is 23.3 Å². The molecule has 0 saturated heterocycles. The van der Waals surface area contributed by atoms with E-state index in [1.54, 1.807) is 15.5 Å². The molecule has 0 spiro atoms. The van der Waals surface area contributed by atoms with Gasteiger partial charge in [0.25, 0.3) is 0 Å². The Hall–Kier alpha value is -4.41. The van der Waals surface area contributed by atoms with Crippen molar-refractivity contribution in [3.05, 3.63) is 70.7 Å². The summed E-state index contributed by atoms with van der Waals surface area (Å²) in [7, 11) is 1.90. The molecule has 11 heteroatoms. The highest BCUT2D eigenvalue weighted by Gasteiger charge is 2.37. The molecule has 0 radical (unpaired) electrons. The van der Waals surface area contributed by atoms with E-state index in [2.05, 4.69) is 20.3 Å². The Morgan fingerprint density at radius 1 is 1.08 bits per heavy atom. The largest absolute Gasteiger partial charge is 0.490 e. The van der Waals surface area contributed by atoms with Gasteiger partial charge in [0.15, 0.2) is 23.0 Å². The Bertz CT molecular complexity index is 1570. The van der Waals surface area contributed by atoms with Crippen molar-refractivity contribution in [1.82, 2.24) is 39.6 Å². The maximum atomic E-state index is 6.08. The van der Waals surface area contributed by atoms with Gasteiger partial charge in [-0.15, -0.1) is 10.2 Å². The number of nitrogens with one attached hydrogen (secondary N) is 1. The standard InChI is InChI=1S/C25H26N8O3/c1-5-34-17-8-7-15(9-18(17)35-6-2)10-19-28-23-22-21(16-11-27-32(4)12-16)20-14(3)29-30-25(20)36-24(22)26-13-33(23)31-19/h7-9,11-13,21H,5-6,10H2,1-4H3,(H,29,30)/t21-/m1/s1. The Labute approximate surface area is 207 Å². The monoisotopic (exact) mass is 486 g/mol. The third kappa shape index (κ3) is 3.63. The normalized spacial score (nSPS) is 14.4. The summed E-state index contributed by atoms with van der Waals surface area (Å²) in [6.07, 6.45) is 5.99. The Balaban J connectivity index is 1.43. The van der Waals surface area contributed by atoms with E-state index in [4.69, 9.17) is 24.3 Å². The lowest BCUT2D eigenvalue weighted by molar-refractivity contribution is 0.287. The first kappa shape index (κ1) is 22.1. The van der Waals surface area contributed by atoms with Gasteiger partial charge in [0.1, 0.15) is 6.33 Å². The highest BCUT2D eigenvalue weighted by molar-refractivity contribution is 5.65. The van der Waals surface area contributed by atoms with Gasteiger partial charge in [0, 0.05) is 36.5 Å². The third-order valence-corrected chi connectivity index (χ3v) is 6.19. The van der Waals surface area contributed by atoms with E-state index in [1.165, 1.54) is 0 Å². The molecule has 0 amide bonds. The molecule has 1 aromatic carbocycles. The van der Waals surface area contributed by atoms with E-state index in [0.29, 0.717) is 48.6 Å². The lowest BCUT2D eigenvalue weighted by Crippen LogP contribution is -2.14. The van der Waals surface area contributed by atoms with Crippen LogP contribution >= 0.6 is 0 Å². The van der Waals surface area contributed by atoms with Gasteiger partial charge < -0.3 is 14.2 Å². The SMILES string of the molecule is CCOc1ccc(Cc2nc3c4c(ncn3n2)Oc2n[nH]c(C)c2[C@H]4c2cnn(C)c2)cc1OCC. The van der Waals surface area contributed by atoms with E-state index >= 15 is 0 Å². The van der Waals surface area contributed by atoms with Gasteiger partial charge in [0.2, 0.25) is 11.8 Å². The van der Waals surface area contributed by atoms with E-state index in [-0.39, 0.29) is 5.92 Å². The number of benzene rings is 1. The second-order valence-corrected chi connectivity index (χ2v) is 8.63. The minimum Gasteiger partial charge on any atom is -0.490 e. The quantitative estimate of drug-likeness (QED) is 0.364. The zero-order chi connectivity index (χ0) is 24.8. The predicted molar refractivity (Wildman–Crippen MR) is 130 cm³/mol. The van der Waals surface area contributed by atoms with Crippen LogP contribution < -0.4 is 14.2 Å². The first-order valence-electron chi connectivity index (χ1n) is 11.9. The Morgan fingerprint density at radius 2 is 1.92 bits per heavy atom. The van der Waals surface area contributed by atoms with Crippen LogP contribution in [0.15, 0.2) is 36.9 Å². The number of hydrogen-bond acceptors (Lipinski definition) is 8. The van der Waals surface area contributed by atoms with Crippen LogP contribution in [0.25, 0.3) is 5.65 Å². The summed E-state index contributed by atoms with van der Waals surface area (Å²) in [5, 5.41) is 16.5.